The molecule has 0 bridgehead atoms. The highest BCUT2D eigenvalue weighted by Gasteiger charge is 2.24. The predicted octanol–water partition coefficient (Wildman–Crippen LogP) is 14.3. The molecule has 8 aromatic carbocycles. The second kappa shape index (κ2) is 34.6. The van der Waals surface area contributed by atoms with Gasteiger partial charge in [0.15, 0.2) is 44.7 Å². The van der Waals surface area contributed by atoms with Gasteiger partial charge in [0.1, 0.15) is 32.8 Å². The fraction of sp³-hybridized carbons (Fsp3) is 0.253. The van der Waals surface area contributed by atoms with E-state index < -0.39 is 30.0 Å². The number of aliphatic hydroxyl groups excluding tert-OH is 1. The molecule has 0 saturated carbocycles. The molecule has 0 aliphatic carbocycles. The summed E-state index contributed by atoms with van der Waals surface area (Å²) in [4.78, 5) is 97.3. The number of methoxy groups -OCH3 is 2. The number of aliphatic carboxylic acids is 4. The van der Waals surface area contributed by atoms with Crippen molar-refractivity contribution in [3.63, 3.8) is 0 Å². The van der Waals surface area contributed by atoms with Crippen LogP contribution in [0.1, 0.15) is 53.4 Å². The summed E-state index contributed by atoms with van der Waals surface area (Å²) >= 11 is 25.0. The Labute approximate surface area is 614 Å². The number of hydrogen-bond acceptors (Lipinski definition) is 15. The van der Waals surface area contributed by atoms with Crippen LogP contribution < -0.4 is 51.3 Å². The van der Waals surface area contributed by atoms with Crippen LogP contribution in [0.15, 0.2) is 153 Å². The number of hydrogen-bond donors (Lipinski definition) is 7. The molecule has 103 heavy (non-hydrogen) atoms. The molecule has 7 N–H and O–H groups in total. The largest absolute Gasteiger partial charge is 0.493 e. The van der Waals surface area contributed by atoms with Gasteiger partial charge in [0.05, 0.1) is 113 Å². The zero-order chi connectivity index (χ0) is 74.0. The van der Waals surface area contributed by atoms with E-state index in [4.69, 9.17) is 65.4 Å². The number of aromatic nitrogens is 4. The van der Waals surface area contributed by atoms with E-state index in [0.717, 1.165) is 37.1 Å². The Kier molecular flexibility index (Phi) is 26.4. The minimum Gasteiger partial charge on any atom is -0.493 e. The van der Waals surface area contributed by atoms with Gasteiger partial charge in [-0.3, -0.25) is 38.4 Å². The number of carboxylic acid groups (broad SMARTS) is 4. The smallest absolute Gasteiger partial charge is 0.323 e. The number of ether oxygens (including phenoxy) is 4. The lowest BCUT2D eigenvalue weighted by Gasteiger charge is -2.18. The Hall–Kier alpha value is -10.2. The van der Waals surface area contributed by atoms with E-state index in [9.17, 15) is 63.9 Å². The van der Waals surface area contributed by atoms with Crippen molar-refractivity contribution < 1.29 is 63.7 Å². The maximum Gasteiger partial charge on any atom is 0.323 e. The summed E-state index contributed by atoms with van der Waals surface area (Å²) in [6.07, 6.45) is 3.42. The molecule has 1 atom stereocenters. The first-order chi connectivity index (χ1) is 48.7. The van der Waals surface area contributed by atoms with E-state index in [0.29, 0.717) is 115 Å². The molecule has 4 heterocycles. The zero-order valence-corrected chi connectivity index (χ0v) is 60.9. The average Bonchev–Trinajstić information content (AvgIpc) is 0.766. The second-order valence-corrected chi connectivity index (χ2v) is 25.5. The monoisotopic (exact) mass is 1500 g/mol. The van der Waals surface area contributed by atoms with Crippen molar-refractivity contribution in [2.24, 2.45) is 0 Å². The van der Waals surface area contributed by atoms with Crippen LogP contribution in [-0.2, 0) is 45.4 Å². The fourth-order valence-electron chi connectivity index (χ4n) is 12.1. The summed E-state index contributed by atoms with van der Waals surface area (Å²) in [7, 11) is 4.63. The van der Waals surface area contributed by atoms with Gasteiger partial charge in [-0.25, -0.2) is 0 Å². The second-order valence-electron chi connectivity index (χ2n) is 23.9. The van der Waals surface area contributed by atoms with Gasteiger partial charge in [-0.05, 0) is 136 Å². The number of fused-ring (bicyclic) bond motifs is 8. The first-order valence-electron chi connectivity index (χ1n) is 32.1. The first kappa shape index (κ1) is 78.5. The number of para-hydroxylation sites is 2. The average molecular weight is 1510 g/mol. The molecule has 0 saturated heterocycles. The summed E-state index contributed by atoms with van der Waals surface area (Å²) < 4.78 is 28.5. The molecule has 0 radical (unpaired) electrons. The number of benzene rings is 8. The maximum absolute atomic E-state index is 13.0. The van der Waals surface area contributed by atoms with Crippen molar-refractivity contribution in [1.82, 2.24) is 18.3 Å². The quantitative estimate of drug-likeness (QED) is 0.0245. The van der Waals surface area contributed by atoms with Crippen LogP contribution >= 0.6 is 59.9 Å². The summed E-state index contributed by atoms with van der Waals surface area (Å²) in [5.74, 6) is -3.00. The topological polar surface area (TPSA) is 318 Å². The highest BCUT2D eigenvalue weighted by molar-refractivity contribution is 7.59. The molecule has 0 fully saturated rings. The van der Waals surface area contributed by atoms with Gasteiger partial charge in [-0.2, -0.15) is 13.5 Å². The number of rotatable bonds is 22. The van der Waals surface area contributed by atoms with Crippen molar-refractivity contribution in [2.45, 2.75) is 91.7 Å². The molecular formula is C75H74Cl4N6O17S. The van der Waals surface area contributed by atoms with Gasteiger partial charge in [0.2, 0.25) is 0 Å². The van der Waals surface area contributed by atoms with Crippen LogP contribution in [0.2, 0.25) is 20.1 Å². The molecule has 28 heteroatoms. The lowest BCUT2D eigenvalue weighted by atomic mass is 10.1. The highest BCUT2D eigenvalue weighted by Crippen LogP contribution is 2.39. The molecule has 540 valence electrons. The molecule has 0 aliphatic heterocycles. The number of anilines is 2. The minimum atomic E-state index is -1.06. The number of carbonyl (C=O) groups is 4. The predicted molar refractivity (Wildman–Crippen MR) is 412 cm³/mol. The number of nitrogens with one attached hydrogen (secondary N) is 2. The Morgan fingerprint density at radius 1 is 0.437 bits per heavy atom. The zero-order valence-electron chi connectivity index (χ0n) is 56.9. The summed E-state index contributed by atoms with van der Waals surface area (Å²) in [6, 6.07) is 37.1. The van der Waals surface area contributed by atoms with Crippen molar-refractivity contribution in [2.75, 3.05) is 45.1 Å². The third-order valence-corrected chi connectivity index (χ3v) is 17.6. The van der Waals surface area contributed by atoms with Gasteiger partial charge < -0.3 is 73.4 Å². The van der Waals surface area contributed by atoms with Gasteiger partial charge in [0.25, 0.3) is 0 Å². The maximum atomic E-state index is 13.0. The van der Waals surface area contributed by atoms with Crippen LogP contribution in [0.4, 0.5) is 11.4 Å². The van der Waals surface area contributed by atoms with Crippen molar-refractivity contribution in [3.05, 3.63) is 194 Å². The molecule has 12 aromatic rings. The Bertz CT molecular complexity index is 5530. The third kappa shape index (κ3) is 17.1. The standard InChI is InChI=1S/C21H22ClNO4.C19H19ClN2O4.C18H16ClNO5.C17H15ClN2O4.H2S/c1-2-3-4-7-12-27-21-16(22)11-10-15-19(21)23(13-18(24)25)17-9-6-5-8-14(17)20(15)26;1-10(2)21-11-4-5-12-15(8-11)22(9-16(23)24)17-13(18(12)25)6-7-14(20)19(17)26-3;1-10(21)9-25-18-13(19)7-6-12-16(18)20(8-15(22)23)14-5-3-2-4-11(14)17(12)24;1-19-9-3-4-10-13(7-9)20(8-14(21)22)15-11(16(10)23)5-6-12(18)17(15)24-2;/h5-6,8-11H,2-4,7,12-13H2,1H3,(H,24,25);4-8,10,21H,9H2,1-3H3,(H,23,24);2-7,10,21H,8-9H2,1H3,(H,22,23);3-7,19H,8H2,1-2H3,(H,21,22);1H2/t;;10-;;/m..0../s1. The molecule has 0 spiro atoms. The number of carboxylic acids is 4. The summed E-state index contributed by atoms with van der Waals surface area (Å²) in [6.45, 7) is 6.82. The highest BCUT2D eigenvalue weighted by atomic mass is 35.5. The van der Waals surface area contributed by atoms with Crippen molar-refractivity contribution in [1.29, 1.82) is 0 Å². The first-order valence-corrected chi connectivity index (χ1v) is 33.6. The summed E-state index contributed by atoms with van der Waals surface area (Å²) in [5, 5.41) is 57.7. The number of halogens is 4. The van der Waals surface area contributed by atoms with Gasteiger partial charge in [-0.15, -0.1) is 0 Å². The molecule has 0 aliphatic rings. The normalized spacial score (nSPS) is 11.3. The van der Waals surface area contributed by atoms with Crippen molar-refractivity contribution >= 4 is 182 Å². The van der Waals surface area contributed by atoms with Crippen LogP contribution in [0, 0.1) is 0 Å². The van der Waals surface area contributed by atoms with E-state index in [1.54, 1.807) is 149 Å². The van der Waals surface area contributed by atoms with Crippen LogP contribution in [-0.4, -0.2) is 114 Å². The molecule has 0 amide bonds. The number of nitrogens with zero attached hydrogens (tertiary/aromatic N) is 4. The molecule has 4 aromatic heterocycles. The minimum absolute atomic E-state index is 0. The molecular weight excluding hydrogens is 1430 g/mol. The molecule has 12 rings (SSSR count). The van der Waals surface area contributed by atoms with Crippen LogP contribution in [0.25, 0.3) is 87.2 Å². The summed E-state index contributed by atoms with van der Waals surface area (Å²) in [5.41, 5.74) is 4.32. The number of aliphatic hydroxyl groups is 1. The Balaban J connectivity index is 0.000000174. The van der Waals surface area contributed by atoms with Gasteiger partial charge >= 0.3 is 23.9 Å². The lowest BCUT2D eigenvalue weighted by molar-refractivity contribution is -0.138. The third-order valence-electron chi connectivity index (χ3n) is 16.4. The van der Waals surface area contributed by atoms with E-state index in [-0.39, 0.29) is 96.3 Å². The number of pyridine rings is 4. The van der Waals surface area contributed by atoms with Gasteiger partial charge in [-0.1, -0.05) is 96.9 Å². The van der Waals surface area contributed by atoms with Gasteiger partial charge in [0, 0.05) is 46.0 Å². The SMILES string of the molecule is CCCCCCOc1c(Cl)ccc2c(=O)c3ccccc3n(CC(=O)O)c12.CNc1ccc2c(=O)c3ccc(Cl)c(OC)c3n(CC(=O)O)c2c1.COc1c(Cl)ccc2c(=O)c3ccc(NC(C)C)cc3n(CC(=O)O)c12.C[C@H](O)COc1c(Cl)ccc2c(=O)c3ccccc3n(CC(=O)O)c12.S. The van der Waals surface area contributed by atoms with E-state index in [1.165, 1.54) is 24.9 Å². The van der Waals surface area contributed by atoms with Crippen LogP contribution in [0.3, 0.4) is 0 Å². The van der Waals surface area contributed by atoms with E-state index in [2.05, 4.69) is 17.6 Å². The number of unbranched alkanes of at least 4 members (excludes halogenated alkanes) is 3. The van der Waals surface area contributed by atoms with Crippen molar-refractivity contribution in [3.8, 4) is 23.0 Å². The molecule has 0 unspecified atom stereocenters. The van der Waals surface area contributed by atoms with Crippen LogP contribution in [0.5, 0.6) is 23.0 Å². The Morgan fingerprint density at radius 3 is 1.13 bits per heavy atom. The Morgan fingerprint density at radius 2 is 0.767 bits per heavy atom. The van der Waals surface area contributed by atoms with E-state index in [1.807, 2.05) is 19.9 Å². The fourth-order valence-corrected chi connectivity index (χ4v) is 13.0. The molecule has 23 nitrogen and oxygen atoms in total. The van der Waals surface area contributed by atoms with E-state index >= 15 is 0 Å². The lowest BCUT2D eigenvalue weighted by Crippen LogP contribution is -2.18.